The molecule has 0 aromatic heterocycles. The Labute approximate surface area is 119 Å². The average Bonchev–Trinajstić information content (AvgIpc) is 2.35. The predicted octanol–water partition coefficient (Wildman–Crippen LogP) is 3.22. The Morgan fingerprint density at radius 1 is 1.20 bits per heavy atom. The molecule has 0 saturated heterocycles. The van der Waals surface area contributed by atoms with Gasteiger partial charge < -0.3 is 9.47 Å². The van der Waals surface area contributed by atoms with E-state index >= 15 is 0 Å². The van der Waals surface area contributed by atoms with Gasteiger partial charge in [0.1, 0.15) is 5.60 Å². The van der Waals surface area contributed by atoms with E-state index in [-0.39, 0.29) is 0 Å². The van der Waals surface area contributed by atoms with Crippen molar-refractivity contribution >= 4 is 18.0 Å². The fourth-order valence-electron chi connectivity index (χ4n) is 1.53. The molecule has 0 heterocycles. The molecule has 1 aromatic rings. The first kappa shape index (κ1) is 16.0. The van der Waals surface area contributed by atoms with E-state index in [1.165, 1.54) is 6.08 Å². The minimum atomic E-state index is -0.540. The highest BCUT2D eigenvalue weighted by molar-refractivity contribution is 5.95. The first-order valence-electron chi connectivity index (χ1n) is 6.50. The van der Waals surface area contributed by atoms with E-state index in [0.29, 0.717) is 17.7 Å². The smallest absolute Gasteiger partial charge is 0.338 e. The second-order valence-electron chi connectivity index (χ2n) is 5.17. The molecule has 0 fully saturated rings. The number of carbonyl (C=O) groups excluding carboxylic acids is 2. The van der Waals surface area contributed by atoms with Crippen molar-refractivity contribution in [3.05, 3.63) is 41.5 Å². The van der Waals surface area contributed by atoms with E-state index in [2.05, 4.69) is 0 Å². The molecule has 0 N–H and O–H groups in total. The standard InChI is InChI=1S/C16H20O4/c1-5-19-15(18)13-9-7-6-8-12(13)10-11-14(17)20-16(2,3)4/h6-11H,5H2,1-4H3. The van der Waals surface area contributed by atoms with Gasteiger partial charge in [0.05, 0.1) is 12.2 Å². The van der Waals surface area contributed by atoms with Gasteiger partial charge in [-0.1, -0.05) is 18.2 Å². The highest BCUT2D eigenvalue weighted by Crippen LogP contribution is 2.13. The van der Waals surface area contributed by atoms with Crippen molar-refractivity contribution in [3.8, 4) is 0 Å². The lowest BCUT2D eigenvalue weighted by Crippen LogP contribution is -2.22. The van der Waals surface area contributed by atoms with Crippen molar-refractivity contribution in [2.75, 3.05) is 6.61 Å². The van der Waals surface area contributed by atoms with Gasteiger partial charge in [-0.15, -0.1) is 0 Å². The Morgan fingerprint density at radius 2 is 1.85 bits per heavy atom. The minimum Gasteiger partial charge on any atom is -0.462 e. The molecule has 0 saturated carbocycles. The number of ether oxygens (including phenoxy) is 2. The van der Waals surface area contributed by atoms with Crippen LogP contribution < -0.4 is 0 Å². The molecule has 0 atom stereocenters. The number of hydrogen-bond donors (Lipinski definition) is 0. The first-order valence-corrected chi connectivity index (χ1v) is 6.50. The Morgan fingerprint density at radius 3 is 2.45 bits per heavy atom. The Hall–Kier alpha value is -2.10. The van der Waals surface area contributed by atoms with Crippen LogP contribution in [0.2, 0.25) is 0 Å². The van der Waals surface area contributed by atoms with Crippen molar-refractivity contribution in [1.82, 2.24) is 0 Å². The third kappa shape index (κ3) is 5.26. The number of carbonyl (C=O) groups is 2. The molecule has 0 unspecified atom stereocenters. The zero-order valence-electron chi connectivity index (χ0n) is 12.3. The van der Waals surface area contributed by atoms with E-state index in [1.54, 1.807) is 58.0 Å². The van der Waals surface area contributed by atoms with Crippen LogP contribution in [0.3, 0.4) is 0 Å². The summed E-state index contributed by atoms with van der Waals surface area (Å²) in [6.45, 7) is 7.45. The van der Waals surface area contributed by atoms with Crippen molar-refractivity contribution in [2.45, 2.75) is 33.3 Å². The third-order valence-electron chi connectivity index (χ3n) is 2.26. The number of hydrogen-bond acceptors (Lipinski definition) is 4. The SMILES string of the molecule is CCOC(=O)c1ccccc1C=CC(=O)OC(C)(C)C. The molecule has 0 aliphatic rings. The Bertz CT molecular complexity index is 509. The molecule has 0 aliphatic carbocycles. The van der Waals surface area contributed by atoms with E-state index in [1.807, 2.05) is 0 Å². The first-order chi connectivity index (χ1) is 9.33. The predicted molar refractivity (Wildman–Crippen MR) is 77.3 cm³/mol. The fourth-order valence-corrected chi connectivity index (χ4v) is 1.53. The van der Waals surface area contributed by atoms with Gasteiger partial charge in [-0.05, 0) is 45.4 Å². The molecule has 0 radical (unpaired) electrons. The summed E-state index contributed by atoms with van der Waals surface area (Å²) < 4.78 is 10.1. The summed E-state index contributed by atoms with van der Waals surface area (Å²) in [4.78, 5) is 23.4. The summed E-state index contributed by atoms with van der Waals surface area (Å²) >= 11 is 0. The summed E-state index contributed by atoms with van der Waals surface area (Å²) in [6.07, 6.45) is 2.86. The van der Waals surface area contributed by atoms with Crippen molar-refractivity contribution < 1.29 is 19.1 Å². The highest BCUT2D eigenvalue weighted by Gasteiger charge is 2.14. The summed E-state index contributed by atoms with van der Waals surface area (Å²) in [5.74, 6) is -0.854. The van der Waals surface area contributed by atoms with Gasteiger partial charge in [-0.2, -0.15) is 0 Å². The zero-order chi connectivity index (χ0) is 15.2. The summed E-state index contributed by atoms with van der Waals surface area (Å²) in [5.41, 5.74) is 0.508. The topological polar surface area (TPSA) is 52.6 Å². The highest BCUT2D eigenvalue weighted by atomic mass is 16.6. The molecular formula is C16H20O4. The van der Waals surface area contributed by atoms with Crippen LogP contribution in [-0.2, 0) is 14.3 Å². The Balaban J connectivity index is 2.87. The summed E-state index contributed by atoms with van der Waals surface area (Å²) in [5, 5.41) is 0. The lowest BCUT2D eigenvalue weighted by molar-refractivity contribution is -0.148. The monoisotopic (exact) mass is 276 g/mol. The molecule has 0 amide bonds. The van der Waals surface area contributed by atoms with E-state index < -0.39 is 17.5 Å². The van der Waals surface area contributed by atoms with Crippen LogP contribution in [0.15, 0.2) is 30.3 Å². The van der Waals surface area contributed by atoms with Gasteiger partial charge in [-0.3, -0.25) is 0 Å². The van der Waals surface area contributed by atoms with Crippen molar-refractivity contribution in [2.24, 2.45) is 0 Å². The van der Waals surface area contributed by atoms with Crippen LogP contribution >= 0.6 is 0 Å². The van der Waals surface area contributed by atoms with Gasteiger partial charge in [0.2, 0.25) is 0 Å². The lowest BCUT2D eigenvalue weighted by Gasteiger charge is -2.17. The molecule has 0 aliphatic heterocycles. The van der Waals surface area contributed by atoms with Gasteiger partial charge in [-0.25, -0.2) is 9.59 Å². The molecule has 4 heteroatoms. The van der Waals surface area contributed by atoms with E-state index in [9.17, 15) is 9.59 Å². The number of rotatable bonds is 4. The van der Waals surface area contributed by atoms with Crippen LogP contribution in [0.5, 0.6) is 0 Å². The molecule has 20 heavy (non-hydrogen) atoms. The van der Waals surface area contributed by atoms with E-state index in [0.717, 1.165) is 0 Å². The Kier molecular flexibility index (Phi) is 5.50. The zero-order valence-corrected chi connectivity index (χ0v) is 12.3. The molecule has 0 bridgehead atoms. The normalized spacial score (nSPS) is 11.4. The lowest BCUT2D eigenvalue weighted by atomic mass is 10.1. The third-order valence-corrected chi connectivity index (χ3v) is 2.26. The van der Waals surface area contributed by atoms with Crippen LogP contribution in [0.25, 0.3) is 6.08 Å². The van der Waals surface area contributed by atoms with Gasteiger partial charge in [0.15, 0.2) is 0 Å². The second kappa shape index (κ2) is 6.89. The van der Waals surface area contributed by atoms with Crippen LogP contribution in [0.1, 0.15) is 43.6 Å². The van der Waals surface area contributed by atoms with Crippen molar-refractivity contribution in [1.29, 1.82) is 0 Å². The molecular weight excluding hydrogens is 256 g/mol. The summed E-state index contributed by atoms with van der Waals surface area (Å²) in [7, 11) is 0. The molecule has 4 nitrogen and oxygen atoms in total. The maximum atomic E-state index is 11.8. The van der Waals surface area contributed by atoms with Crippen LogP contribution in [-0.4, -0.2) is 24.1 Å². The molecule has 1 aromatic carbocycles. The van der Waals surface area contributed by atoms with E-state index in [4.69, 9.17) is 9.47 Å². The van der Waals surface area contributed by atoms with Crippen LogP contribution in [0, 0.1) is 0 Å². The molecule has 1 rings (SSSR count). The van der Waals surface area contributed by atoms with Gasteiger partial charge >= 0.3 is 11.9 Å². The van der Waals surface area contributed by atoms with Crippen LogP contribution in [0.4, 0.5) is 0 Å². The second-order valence-corrected chi connectivity index (χ2v) is 5.17. The summed E-state index contributed by atoms with van der Waals surface area (Å²) in [6, 6.07) is 6.94. The maximum Gasteiger partial charge on any atom is 0.338 e. The van der Waals surface area contributed by atoms with Gasteiger partial charge in [0, 0.05) is 6.08 Å². The molecule has 108 valence electrons. The number of benzene rings is 1. The maximum absolute atomic E-state index is 11.8. The fraction of sp³-hybridized carbons (Fsp3) is 0.375. The number of esters is 2. The van der Waals surface area contributed by atoms with Gasteiger partial charge in [0.25, 0.3) is 0 Å². The molecule has 0 spiro atoms. The van der Waals surface area contributed by atoms with Crippen molar-refractivity contribution in [3.63, 3.8) is 0 Å². The quantitative estimate of drug-likeness (QED) is 0.626. The largest absolute Gasteiger partial charge is 0.462 e. The average molecular weight is 276 g/mol. The minimum absolute atomic E-state index is 0.308.